The fraction of sp³-hybridized carbons (Fsp3) is 0. The Morgan fingerprint density at radius 2 is 1.84 bits per heavy atom. The first-order valence-corrected chi connectivity index (χ1v) is 6.03. The Hall–Kier alpha value is -2.27. The quantitative estimate of drug-likeness (QED) is 0.707. The molecule has 1 heterocycles. The molecular weight excluding hydrogens is 284 g/mol. The Morgan fingerprint density at radius 3 is 2.32 bits per heavy atom. The number of nitrogens with zero attached hydrogens (tertiary/aromatic N) is 2. The lowest BCUT2D eigenvalue weighted by molar-refractivity contribution is 0.579. The summed E-state index contributed by atoms with van der Waals surface area (Å²) in [4.78, 5) is 3.35. The topological polar surface area (TPSA) is 145 Å². The van der Waals surface area contributed by atoms with Crippen LogP contribution in [0.4, 0.5) is 20.4 Å². The summed E-state index contributed by atoms with van der Waals surface area (Å²) in [6, 6.07) is 2.93. The number of sulfonamides is 1. The van der Waals surface area contributed by atoms with Crippen LogP contribution in [0.25, 0.3) is 0 Å². The zero-order valence-corrected chi connectivity index (χ0v) is 10.0. The smallest absolute Gasteiger partial charge is 0.297 e. The third kappa shape index (κ3) is 2.95. The van der Waals surface area contributed by atoms with E-state index in [1.54, 1.807) is 4.72 Å². The number of benzene rings is 1. The lowest BCUT2D eigenvalue weighted by Gasteiger charge is -2.06. The highest BCUT2D eigenvalue weighted by molar-refractivity contribution is 7.92. The second kappa shape index (κ2) is 5.16. The molecule has 11 heteroatoms. The highest BCUT2D eigenvalue weighted by Crippen LogP contribution is 2.20. The van der Waals surface area contributed by atoms with Crippen molar-refractivity contribution >= 4 is 21.7 Å². The van der Waals surface area contributed by atoms with Crippen LogP contribution in [0.15, 0.2) is 23.4 Å². The van der Waals surface area contributed by atoms with Gasteiger partial charge >= 0.3 is 0 Å². The Labute approximate surface area is 106 Å². The molecular formula is C8H9F2N5O3S. The van der Waals surface area contributed by atoms with Gasteiger partial charge < -0.3 is 11.2 Å². The van der Waals surface area contributed by atoms with Gasteiger partial charge in [-0.2, -0.15) is 13.4 Å². The molecule has 1 aromatic heterocycles. The predicted octanol–water partition coefficient (Wildman–Crippen LogP) is -0.359. The molecule has 1 aromatic carbocycles. The Balaban J connectivity index is 0.00000180. The summed E-state index contributed by atoms with van der Waals surface area (Å²) >= 11 is 0. The Kier molecular flexibility index (Phi) is 4.01. The second-order valence-electron chi connectivity index (χ2n) is 3.20. The molecule has 0 fully saturated rings. The summed E-state index contributed by atoms with van der Waals surface area (Å²) in [5, 5.41) is 4.69. The van der Waals surface area contributed by atoms with Gasteiger partial charge in [-0.05, 0) is 12.1 Å². The number of rotatable bonds is 3. The summed E-state index contributed by atoms with van der Waals surface area (Å²) in [6.45, 7) is 0. The molecule has 0 aliphatic carbocycles. The van der Waals surface area contributed by atoms with Crippen LogP contribution in [-0.2, 0) is 10.0 Å². The number of aromatic amines is 1. The number of H-pyrrole nitrogens is 1. The van der Waals surface area contributed by atoms with Crippen LogP contribution in [0.1, 0.15) is 0 Å². The van der Waals surface area contributed by atoms with Gasteiger partial charge in [-0.1, -0.05) is 6.07 Å². The van der Waals surface area contributed by atoms with Crippen molar-refractivity contribution < 1.29 is 22.7 Å². The van der Waals surface area contributed by atoms with Gasteiger partial charge in [0.15, 0.2) is 0 Å². The van der Waals surface area contributed by atoms with E-state index in [0.29, 0.717) is 0 Å². The van der Waals surface area contributed by atoms with Crippen molar-refractivity contribution in [2.24, 2.45) is 0 Å². The minimum atomic E-state index is -4.28. The molecule has 0 saturated carbocycles. The van der Waals surface area contributed by atoms with Crippen LogP contribution in [0, 0.1) is 11.6 Å². The number of nitrogens with two attached hydrogens (primary N) is 1. The van der Waals surface area contributed by atoms with E-state index in [0.717, 1.165) is 18.2 Å². The van der Waals surface area contributed by atoms with Crippen molar-refractivity contribution in [3.05, 3.63) is 29.8 Å². The molecule has 19 heavy (non-hydrogen) atoms. The second-order valence-corrected chi connectivity index (χ2v) is 4.80. The van der Waals surface area contributed by atoms with Crippen LogP contribution < -0.4 is 10.5 Å². The number of hydrogen-bond acceptors (Lipinski definition) is 5. The number of aromatic nitrogens is 3. The van der Waals surface area contributed by atoms with Gasteiger partial charge in [0.25, 0.3) is 15.2 Å². The average molecular weight is 293 g/mol. The lowest BCUT2D eigenvalue weighted by Crippen LogP contribution is -2.16. The average Bonchev–Trinajstić information content (AvgIpc) is 2.71. The highest BCUT2D eigenvalue weighted by Gasteiger charge is 2.22. The van der Waals surface area contributed by atoms with Crippen LogP contribution in [0.2, 0.25) is 0 Å². The fourth-order valence-electron chi connectivity index (χ4n) is 1.16. The third-order valence-electron chi connectivity index (χ3n) is 1.94. The summed E-state index contributed by atoms with van der Waals surface area (Å²) in [5.41, 5.74) is 4.34. The summed E-state index contributed by atoms with van der Waals surface area (Å²) in [5.74, 6) is -2.40. The highest BCUT2D eigenvalue weighted by atomic mass is 32.2. The Morgan fingerprint density at radius 1 is 1.26 bits per heavy atom. The van der Waals surface area contributed by atoms with Gasteiger partial charge in [0, 0.05) is 0 Å². The van der Waals surface area contributed by atoms with Crippen molar-refractivity contribution in [1.82, 2.24) is 15.2 Å². The first-order chi connectivity index (χ1) is 8.40. The monoisotopic (exact) mass is 293 g/mol. The van der Waals surface area contributed by atoms with Crippen molar-refractivity contribution in [2.45, 2.75) is 5.16 Å². The molecule has 0 saturated heterocycles. The van der Waals surface area contributed by atoms with Gasteiger partial charge in [0.05, 0.1) is 0 Å². The minimum Gasteiger partial charge on any atom is -0.412 e. The number of anilines is 2. The molecule has 0 atom stereocenters. The van der Waals surface area contributed by atoms with E-state index >= 15 is 0 Å². The molecule has 104 valence electrons. The summed E-state index contributed by atoms with van der Waals surface area (Å²) in [7, 11) is -4.28. The minimum absolute atomic E-state index is 0. The van der Waals surface area contributed by atoms with Crippen molar-refractivity contribution in [2.75, 3.05) is 10.5 Å². The van der Waals surface area contributed by atoms with E-state index in [1.807, 2.05) is 5.10 Å². The standard InChI is InChI=1S/C8H7F2N5O2S.H2O/c9-4-2-1-3-5(10)6(4)15-18(16,17)8-12-7(11)13-14-8;/h1-3,15H,(H3,11,12,13,14);1H2. The van der Waals surface area contributed by atoms with Crippen LogP contribution in [0.5, 0.6) is 0 Å². The number of nitrogen functional groups attached to an aromatic ring is 1. The maximum atomic E-state index is 13.3. The maximum Gasteiger partial charge on any atom is 0.297 e. The largest absolute Gasteiger partial charge is 0.412 e. The van der Waals surface area contributed by atoms with Gasteiger partial charge in [0.1, 0.15) is 17.3 Å². The first kappa shape index (κ1) is 14.8. The van der Waals surface area contributed by atoms with E-state index in [2.05, 4.69) is 10.1 Å². The summed E-state index contributed by atoms with van der Waals surface area (Å²) < 4.78 is 51.6. The summed E-state index contributed by atoms with van der Waals surface area (Å²) in [6.07, 6.45) is 0. The number of para-hydroxylation sites is 1. The van der Waals surface area contributed by atoms with E-state index in [9.17, 15) is 17.2 Å². The van der Waals surface area contributed by atoms with E-state index in [4.69, 9.17) is 5.73 Å². The van der Waals surface area contributed by atoms with E-state index < -0.39 is 32.5 Å². The van der Waals surface area contributed by atoms with Gasteiger partial charge in [-0.3, -0.25) is 4.72 Å². The van der Waals surface area contributed by atoms with Crippen molar-refractivity contribution in [1.29, 1.82) is 0 Å². The molecule has 0 spiro atoms. The predicted molar refractivity (Wildman–Crippen MR) is 61.6 cm³/mol. The lowest BCUT2D eigenvalue weighted by atomic mass is 10.3. The normalized spacial score (nSPS) is 10.8. The molecule has 2 rings (SSSR count). The zero-order chi connectivity index (χ0) is 13.3. The van der Waals surface area contributed by atoms with Crippen molar-refractivity contribution in [3.8, 4) is 0 Å². The molecule has 6 N–H and O–H groups in total. The molecule has 0 bridgehead atoms. The molecule has 8 nitrogen and oxygen atoms in total. The van der Waals surface area contributed by atoms with Gasteiger partial charge in [-0.15, -0.1) is 5.10 Å². The molecule has 2 aromatic rings. The number of halogens is 2. The molecule has 0 radical (unpaired) electrons. The number of hydrogen-bond donors (Lipinski definition) is 3. The first-order valence-electron chi connectivity index (χ1n) is 4.55. The van der Waals surface area contributed by atoms with Crippen molar-refractivity contribution in [3.63, 3.8) is 0 Å². The van der Waals surface area contributed by atoms with E-state index in [1.165, 1.54) is 0 Å². The Bertz CT molecular complexity index is 667. The van der Waals surface area contributed by atoms with E-state index in [-0.39, 0.29) is 11.4 Å². The van der Waals surface area contributed by atoms with Crippen LogP contribution >= 0.6 is 0 Å². The number of nitrogens with one attached hydrogen (secondary N) is 2. The zero-order valence-electron chi connectivity index (χ0n) is 9.18. The molecule has 0 aliphatic rings. The van der Waals surface area contributed by atoms with Crippen LogP contribution in [-0.4, -0.2) is 29.1 Å². The fourth-order valence-corrected chi connectivity index (χ4v) is 2.10. The molecule has 0 unspecified atom stereocenters. The maximum absolute atomic E-state index is 13.3. The van der Waals surface area contributed by atoms with Crippen LogP contribution in [0.3, 0.4) is 0 Å². The third-order valence-corrected chi connectivity index (χ3v) is 3.10. The SMILES string of the molecule is Nc1n[nH]c(S(=O)(=O)Nc2c(F)cccc2F)n1.O. The molecule has 0 amide bonds. The molecule has 0 aliphatic heterocycles. The van der Waals surface area contributed by atoms with Gasteiger partial charge in [0.2, 0.25) is 5.95 Å². The van der Waals surface area contributed by atoms with Gasteiger partial charge in [-0.25, -0.2) is 13.9 Å².